The molecule has 102 valence electrons. The first-order valence-corrected chi connectivity index (χ1v) is 7.17. The van der Waals surface area contributed by atoms with Crippen molar-refractivity contribution in [2.45, 2.75) is 58.4 Å². The van der Waals surface area contributed by atoms with Gasteiger partial charge < -0.3 is 9.73 Å². The van der Waals surface area contributed by atoms with Crippen molar-refractivity contribution in [1.82, 2.24) is 5.32 Å². The molecule has 1 heterocycles. The third-order valence-electron chi connectivity index (χ3n) is 3.19. The summed E-state index contributed by atoms with van der Waals surface area (Å²) in [5.74, 6) is 1.000. The van der Waals surface area contributed by atoms with Gasteiger partial charge in [-0.25, -0.2) is 0 Å². The summed E-state index contributed by atoms with van der Waals surface area (Å²) in [6, 6.07) is 2.60. The zero-order valence-electron chi connectivity index (χ0n) is 11.9. The highest BCUT2D eigenvalue weighted by Crippen LogP contribution is 2.22. The molecule has 1 rings (SSSR count). The van der Waals surface area contributed by atoms with Gasteiger partial charge in [-0.1, -0.05) is 25.8 Å². The number of hydrogen-bond acceptors (Lipinski definition) is 2. The van der Waals surface area contributed by atoms with E-state index in [0.29, 0.717) is 6.04 Å². The number of unbranched alkanes of at least 4 members (excludes halogenated alkanes) is 3. The standard InChI is InChI=1S/C16H27NO/c1-4-6-7-8-9-10-16(17-11-5-2)15-12-14(3)18-13-15/h4,12-13,16-17H,1,5-11H2,2-3H3. The van der Waals surface area contributed by atoms with Gasteiger partial charge in [0.25, 0.3) is 0 Å². The Labute approximate surface area is 111 Å². The molecule has 0 radical (unpaired) electrons. The van der Waals surface area contributed by atoms with Gasteiger partial charge in [0.2, 0.25) is 0 Å². The molecule has 1 aromatic heterocycles. The van der Waals surface area contributed by atoms with Crippen LogP contribution in [0.5, 0.6) is 0 Å². The molecule has 0 amide bonds. The zero-order valence-corrected chi connectivity index (χ0v) is 11.9. The lowest BCUT2D eigenvalue weighted by atomic mass is 10.0. The van der Waals surface area contributed by atoms with Crippen molar-refractivity contribution in [2.24, 2.45) is 0 Å². The van der Waals surface area contributed by atoms with Gasteiger partial charge in [0.15, 0.2) is 0 Å². The Morgan fingerprint density at radius 2 is 2.22 bits per heavy atom. The van der Waals surface area contributed by atoms with Crippen LogP contribution in [0.15, 0.2) is 29.4 Å². The summed E-state index contributed by atoms with van der Waals surface area (Å²) in [5.41, 5.74) is 1.30. The van der Waals surface area contributed by atoms with Crippen LogP contribution >= 0.6 is 0 Å². The second kappa shape index (κ2) is 8.98. The lowest BCUT2D eigenvalue weighted by molar-refractivity contribution is 0.463. The van der Waals surface area contributed by atoms with E-state index < -0.39 is 0 Å². The molecule has 2 heteroatoms. The Morgan fingerprint density at radius 3 is 2.83 bits per heavy atom. The highest BCUT2D eigenvalue weighted by molar-refractivity contribution is 5.16. The van der Waals surface area contributed by atoms with E-state index in [1.807, 2.05) is 19.3 Å². The van der Waals surface area contributed by atoms with E-state index in [4.69, 9.17) is 4.42 Å². The number of rotatable bonds is 10. The molecule has 0 aliphatic carbocycles. The van der Waals surface area contributed by atoms with Crippen molar-refractivity contribution in [3.8, 4) is 0 Å². The summed E-state index contributed by atoms with van der Waals surface area (Å²) in [5, 5.41) is 3.61. The maximum atomic E-state index is 5.42. The SMILES string of the molecule is C=CCCCCCC(NCCC)c1coc(C)c1. The van der Waals surface area contributed by atoms with E-state index in [2.05, 4.69) is 24.9 Å². The van der Waals surface area contributed by atoms with Gasteiger partial charge in [-0.2, -0.15) is 0 Å². The monoisotopic (exact) mass is 249 g/mol. The smallest absolute Gasteiger partial charge is 0.101 e. The minimum absolute atomic E-state index is 0.450. The molecule has 0 fully saturated rings. The van der Waals surface area contributed by atoms with E-state index in [0.717, 1.165) is 18.7 Å². The van der Waals surface area contributed by atoms with Crippen LogP contribution in [-0.4, -0.2) is 6.54 Å². The van der Waals surface area contributed by atoms with Crippen LogP contribution in [0.4, 0.5) is 0 Å². The van der Waals surface area contributed by atoms with E-state index in [-0.39, 0.29) is 0 Å². The number of aryl methyl sites for hydroxylation is 1. The summed E-state index contributed by atoms with van der Waals surface area (Å²) >= 11 is 0. The fourth-order valence-corrected chi connectivity index (χ4v) is 2.17. The molecule has 0 aliphatic rings. The molecule has 0 saturated carbocycles. The normalized spacial score (nSPS) is 12.6. The maximum Gasteiger partial charge on any atom is 0.101 e. The second-order valence-corrected chi connectivity index (χ2v) is 4.92. The molecule has 0 aromatic carbocycles. The lowest BCUT2D eigenvalue weighted by Gasteiger charge is -2.16. The molecule has 0 spiro atoms. The Balaban J connectivity index is 2.38. The van der Waals surface area contributed by atoms with Gasteiger partial charge in [-0.05, 0) is 45.2 Å². The summed E-state index contributed by atoms with van der Waals surface area (Å²) in [6.07, 6.45) is 11.2. The molecule has 0 aliphatic heterocycles. The molecule has 0 bridgehead atoms. The predicted molar refractivity (Wildman–Crippen MR) is 77.8 cm³/mol. The zero-order chi connectivity index (χ0) is 13.2. The van der Waals surface area contributed by atoms with Crippen molar-refractivity contribution in [3.63, 3.8) is 0 Å². The first-order chi connectivity index (χ1) is 8.77. The Morgan fingerprint density at radius 1 is 1.39 bits per heavy atom. The van der Waals surface area contributed by atoms with Crippen LogP contribution in [0, 0.1) is 6.92 Å². The first-order valence-electron chi connectivity index (χ1n) is 7.17. The molecule has 1 aromatic rings. The molecule has 1 unspecified atom stereocenters. The molecular weight excluding hydrogens is 222 g/mol. The predicted octanol–water partition coefficient (Wildman–Crippen LogP) is 4.77. The quantitative estimate of drug-likeness (QED) is 0.477. The van der Waals surface area contributed by atoms with Gasteiger partial charge in [0, 0.05) is 11.6 Å². The lowest BCUT2D eigenvalue weighted by Crippen LogP contribution is -2.21. The molecular formula is C16H27NO. The summed E-state index contributed by atoms with van der Waals surface area (Å²) in [7, 11) is 0. The van der Waals surface area contributed by atoms with Crippen molar-refractivity contribution < 1.29 is 4.42 Å². The third kappa shape index (κ3) is 5.54. The van der Waals surface area contributed by atoms with Crippen molar-refractivity contribution in [2.75, 3.05) is 6.54 Å². The second-order valence-electron chi connectivity index (χ2n) is 4.92. The van der Waals surface area contributed by atoms with Crippen molar-refractivity contribution in [3.05, 3.63) is 36.3 Å². The fourth-order valence-electron chi connectivity index (χ4n) is 2.17. The molecule has 2 nitrogen and oxygen atoms in total. The van der Waals surface area contributed by atoms with E-state index in [1.54, 1.807) is 0 Å². The number of nitrogens with one attached hydrogen (secondary N) is 1. The van der Waals surface area contributed by atoms with Crippen molar-refractivity contribution >= 4 is 0 Å². The van der Waals surface area contributed by atoms with Crippen LogP contribution in [-0.2, 0) is 0 Å². The van der Waals surface area contributed by atoms with Crippen LogP contribution in [0.3, 0.4) is 0 Å². The van der Waals surface area contributed by atoms with Gasteiger partial charge in [-0.3, -0.25) is 0 Å². The topological polar surface area (TPSA) is 25.2 Å². The minimum atomic E-state index is 0.450. The Bertz CT molecular complexity index is 330. The molecule has 1 atom stereocenters. The summed E-state index contributed by atoms with van der Waals surface area (Å²) in [6.45, 7) is 9.04. The third-order valence-corrected chi connectivity index (χ3v) is 3.19. The van der Waals surface area contributed by atoms with Crippen LogP contribution in [0.1, 0.15) is 62.8 Å². The number of allylic oxidation sites excluding steroid dienone is 1. The number of furan rings is 1. The first kappa shape index (κ1) is 15.0. The Kier molecular flexibility index (Phi) is 7.51. The molecule has 18 heavy (non-hydrogen) atoms. The van der Waals surface area contributed by atoms with Gasteiger partial charge >= 0.3 is 0 Å². The number of hydrogen-bond donors (Lipinski definition) is 1. The summed E-state index contributed by atoms with van der Waals surface area (Å²) in [4.78, 5) is 0. The van der Waals surface area contributed by atoms with Crippen LogP contribution in [0.2, 0.25) is 0 Å². The Hall–Kier alpha value is -1.02. The fraction of sp³-hybridized carbons (Fsp3) is 0.625. The van der Waals surface area contributed by atoms with Gasteiger partial charge in [0.05, 0.1) is 6.26 Å². The van der Waals surface area contributed by atoms with E-state index in [9.17, 15) is 0 Å². The molecule has 1 N–H and O–H groups in total. The van der Waals surface area contributed by atoms with Crippen LogP contribution < -0.4 is 5.32 Å². The highest BCUT2D eigenvalue weighted by Gasteiger charge is 2.12. The highest BCUT2D eigenvalue weighted by atomic mass is 16.3. The molecule has 0 saturated heterocycles. The van der Waals surface area contributed by atoms with Gasteiger partial charge in [0.1, 0.15) is 5.76 Å². The average molecular weight is 249 g/mol. The maximum absolute atomic E-state index is 5.42. The van der Waals surface area contributed by atoms with Crippen LogP contribution in [0.25, 0.3) is 0 Å². The van der Waals surface area contributed by atoms with Gasteiger partial charge in [-0.15, -0.1) is 6.58 Å². The summed E-state index contributed by atoms with van der Waals surface area (Å²) < 4.78 is 5.42. The van der Waals surface area contributed by atoms with Crippen molar-refractivity contribution in [1.29, 1.82) is 0 Å². The van der Waals surface area contributed by atoms with E-state index >= 15 is 0 Å². The minimum Gasteiger partial charge on any atom is -0.469 e. The average Bonchev–Trinajstić information content (AvgIpc) is 2.79. The van der Waals surface area contributed by atoms with E-state index in [1.165, 1.54) is 37.7 Å². The largest absolute Gasteiger partial charge is 0.469 e.